The van der Waals surface area contributed by atoms with Gasteiger partial charge in [0.15, 0.2) is 0 Å². The lowest BCUT2D eigenvalue weighted by Crippen LogP contribution is -2.51. The van der Waals surface area contributed by atoms with Gasteiger partial charge in [-0.25, -0.2) is 0 Å². The summed E-state index contributed by atoms with van der Waals surface area (Å²) in [4.78, 5) is 28.0. The summed E-state index contributed by atoms with van der Waals surface area (Å²) in [5.74, 6) is -0.197. The van der Waals surface area contributed by atoms with Gasteiger partial charge in [0, 0.05) is 17.6 Å². The van der Waals surface area contributed by atoms with E-state index in [1.807, 2.05) is 70.2 Å². The second-order valence-electron chi connectivity index (χ2n) is 7.46. The molecule has 0 aliphatic carbocycles. The zero-order valence-electron chi connectivity index (χ0n) is 17.7. The lowest BCUT2D eigenvalue weighted by molar-refractivity contribution is -0.141. The zero-order valence-corrected chi connectivity index (χ0v) is 18.5. The lowest BCUT2D eigenvalue weighted by Gasteiger charge is -2.32. The van der Waals surface area contributed by atoms with E-state index >= 15 is 0 Å². The van der Waals surface area contributed by atoms with Crippen molar-refractivity contribution in [2.45, 2.75) is 65.6 Å². The van der Waals surface area contributed by atoms with Gasteiger partial charge in [-0.3, -0.25) is 9.59 Å². The highest BCUT2D eigenvalue weighted by Gasteiger charge is 2.29. The third kappa shape index (κ3) is 6.33. The second kappa shape index (κ2) is 11.0. The van der Waals surface area contributed by atoms with Crippen LogP contribution in [0.3, 0.4) is 0 Å². The number of nitrogens with zero attached hydrogens (tertiary/aromatic N) is 1. The Balaban J connectivity index is 2.33. The number of nitrogens with one attached hydrogen (secondary N) is 1. The minimum atomic E-state index is -0.545. The number of aryl methyl sites for hydroxylation is 1. The van der Waals surface area contributed by atoms with Crippen LogP contribution >= 0.6 is 11.6 Å². The number of benzene rings is 2. The van der Waals surface area contributed by atoms with Crippen molar-refractivity contribution >= 4 is 23.4 Å². The molecule has 2 atom stereocenters. The Morgan fingerprint density at radius 2 is 1.62 bits per heavy atom. The number of carbonyl (C=O) groups excluding carboxylic acids is 2. The molecule has 0 spiro atoms. The molecule has 2 aromatic carbocycles. The molecular formula is C24H31ClN2O2. The molecule has 0 aliphatic heterocycles. The van der Waals surface area contributed by atoms with E-state index in [1.54, 1.807) is 11.0 Å². The van der Waals surface area contributed by atoms with Gasteiger partial charge < -0.3 is 10.2 Å². The summed E-state index contributed by atoms with van der Waals surface area (Å²) in [7, 11) is 0. The Labute approximate surface area is 179 Å². The fourth-order valence-corrected chi connectivity index (χ4v) is 3.44. The fraction of sp³-hybridized carbons (Fsp3) is 0.417. The maximum atomic E-state index is 13.3. The predicted molar refractivity (Wildman–Crippen MR) is 119 cm³/mol. The summed E-state index contributed by atoms with van der Waals surface area (Å²) in [6, 6.07) is 14.8. The largest absolute Gasteiger partial charge is 0.352 e. The molecule has 2 rings (SSSR count). The average Bonchev–Trinajstić information content (AvgIpc) is 2.70. The van der Waals surface area contributed by atoms with Gasteiger partial charge in [-0.15, -0.1) is 0 Å². The summed E-state index contributed by atoms with van der Waals surface area (Å²) in [5.41, 5.74) is 2.87. The van der Waals surface area contributed by atoms with Crippen molar-refractivity contribution in [3.05, 3.63) is 70.2 Å². The molecule has 156 valence electrons. The van der Waals surface area contributed by atoms with Crippen LogP contribution in [0, 0.1) is 6.92 Å². The standard InChI is InChI=1S/C24H31ClN2O2/c1-5-18(4)26-24(29)22(6-2)27(16-20-13-9-10-14-21(20)25)23(28)15-19-12-8-7-11-17(19)3/h7-14,18,22H,5-6,15-16H2,1-4H3,(H,26,29). The Hall–Kier alpha value is -2.33. The van der Waals surface area contributed by atoms with E-state index in [4.69, 9.17) is 11.6 Å². The molecule has 2 aromatic rings. The summed E-state index contributed by atoms with van der Waals surface area (Å²) >= 11 is 6.35. The minimum absolute atomic E-state index is 0.0604. The molecule has 0 saturated heterocycles. The highest BCUT2D eigenvalue weighted by atomic mass is 35.5. The smallest absolute Gasteiger partial charge is 0.243 e. The molecule has 0 radical (unpaired) electrons. The molecule has 29 heavy (non-hydrogen) atoms. The molecule has 4 nitrogen and oxygen atoms in total. The summed E-state index contributed by atoms with van der Waals surface area (Å²) in [6.07, 6.45) is 1.63. The Kier molecular flexibility index (Phi) is 8.71. The van der Waals surface area contributed by atoms with Gasteiger partial charge >= 0.3 is 0 Å². The monoisotopic (exact) mass is 414 g/mol. The van der Waals surface area contributed by atoms with Gasteiger partial charge in [0.1, 0.15) is 6.04 Å². The number of carbonyl (C=O) groups is 2. The maximum absolute atomic E-state index is 13.3. The van der Waals surface area contributed by atoms with Gasteiger partial charge in [-0.2, -0.15) is 0 Å². The van der Waals surface area contributed by atoms with Crippen molar-refractivity contribution in [1.82, 2.24) is 10.2 Å². The molecular weight excluding hydrogens is 384 g/mol. The number of hydrogen-bond acceptors (Lipinski definition) is 2. The molecule has 0 heterocycles. The highest BCUT2D eigenvalue weighted by molar-refractivity contribution is 6.31. The molecule has 0 bridgehead atoms. The SMILES string of the molecule is CCC(C)NC(=O)C(CC)N(Cc1ccccc1Cl)C(=O)Cc1ccccc1C. The highest BCUT2D eigenvalue weighted by Crippen LogP contribution is 2.21. The van der Waals surface area contributed by atoms with Crippen molar-refractivity contribution in [2.75, 3.05) is 0 Å². The lowest BCUT2D eigenvalue weighted by atomic mass is 10.0. The fourth-order valence-electron chi connectivity index (χ4n) is 3.24. The van der Waals surface area contributed by atoms with Crippen molar-refractivity contribution in [2.24, 2.45) is 0 Å². The number of halogens is 1. The van der Waals surface area contributed by atoms with Gasteiger partial charge in [-0.1, -0.05) is 67.9 Å². The third-order valence-electron chi connectivity index (χ3n) is 5.29. The third-order valence-corrected chi connectivity index (χ3v) is 5.66. The Morgan fingerprint density at radius 1 is 1.00 bits per heavy atom. The summed E-state index contributed by atoms with van der Waals surface area (Å²) < 4.78 is 0. The normalized spacial score (nSPS) is 12.9. The first-order chi connectivity index (χ1) is 13.9. The van der Waals surface area contributed by atoms with E-state index in [2.05, 4.69) is 5.32 Å². The van der Waals surface area contributed by atoms with Crippen LogP contribution in [0.25, 0.3) is 0 Å². The molecule has 0 saturated carbocycles. The van der Waals surface area contributed by atoms with E-state index in [-0.39, 0.29) is 24.3 Å². The van der Waals surface area contributed by atoms with E-state index in [0.29, 0.717) is 18.0 Å². The quantitative estimate of drug-likeness (QED) is 0.633. The Bertz CT molecular complexity index is 837. The summed E-state index contributed by atoms with van der Waals surface area (Å²) in [5, 5.41) is 3.62. The molecule has 5 heteroatoms. The molecule has 0 aromatic heterocycles. The summed E-state index contributed by atoms with van der Waals surface area (Å²) in [6.45, 7) is 8.22. The second-order valence-corrected chi connectivity index (χ2v) is 7.87. The van der Waals surface area contributed by atoms with Crippen LogP contribution in [0.4, 0.5) is 0 Å². The number of amides is 2. The molecule has 0 fully saturated rings. The van der Waals surface area contributed by atoms with Crippen LogP contribution in [-0.4, -0.2) is 28.8 Å². The van der Waals surface area contributed by atoms with Crippen molar-refractivity contribution < 1.29 is 9.59 Å². The van der Waals surface area contributed by atoms with E-state index in [0.717, 1.165) is 23.1 Å². The van der Waals surface area contributed by atoms with E-state index < -0.39 is 6.04 Å². The average molecular weight is 415 g/mol. The maximum Gasteiger partial charge on any atom is 0.243 e. The topological polar surface area (TPSA) is 49.4 Å². The van der Waals surface area contributed by atoms with Gasteiger partial charge in [-0.05, 0) is 49.4 Å². The first-order valence-electron chi connectivity index (χ1n) is 10.2. The Morgan fingerprint density at radius 3 is 2.21 bits per heavy atom. The zero-order chi connectivity index (χ0) is 21.4. The van der Waals surface area contributed by atoms with Gasteiger partial charge in [0.05, 0.1) is 6.42 Å². The van der Waals surface area contributed by atoms with Crippen molar-refractivity contribution in [3.8, 4) is 0 Å². The number of hydrogen-bond donors (Lipinski definition) is 1. The first-order valence-corrected chi connectivity index (χ1v) is 10.6. The number of rotatable bonds is 9. The van der Waals surface area contributed by atoms with Crippen LogP contribution in [0.5, 0.6) is 0 Å². The predicted octanol–water partition coefficient (Wildman–Crippen LogP) is 4.91. The van der Waals surface area contributed by atoms with Crippen LogP contribution in [-0.2, 0) is 22.6 Å². The van der Waals surface area contributed by atoms with Crippen LogP contribution in [0.1, 0.15) is 50.3 Å². The van der Waals surface area contributed by atoms with Crippen molar-refractivity contribution in [1.29, 1.82) is 0 Å². The van der Waals surface area contributed by atoms with Crippen LogP contribution in [0.15, 0.2) is 48.5 Å². The van der Waals surface area contributed by atoms with Gasteiger partial charge in [0.25, 0.3) is 0 Å². The van der Waals surface area contributed by atoms with Crippen molar-refractivity contribution in [3.63, 3.8) is 0 Å². The van der Waals surface area contributed by atoms with E-state index in [1.165, 1.54) is 0 Å². The molecule has 2 amide bonds. The molecule has 2 unspecified atom stereocenters. The van der Waals surface area contributed by atoms with Crippen LogP contribution < -0.4 is 5.32 Å². The van der Waals surface area contributed by atoms with E-state index in [9.17, 15) is 9.59 Å². The first kappa shape index (κ1) is 23.0. The van der Waals surface area contributed by atoms with Crippen LogP contribution in [0.2, 0.25) is 5.02 Å². The minimum Gasteiger partial charge on any atom is -0.352 e. The molecule has 1 N–H and O–H groups in total. The molecule has 0 aliphatic rings. The van der Waals surface area contributed by atoms with Gasteiger partial charge in [0.2, 0.25) is 11.8 Å².